The number of rotatable bonds is 4. The quantitative estimate of drug-likeness (QED) is 0.533. The van der Waals surface area contributed by atoms with E-state index in [1.807, 2.05) is 22.6 Å². The van der Waals surface area contributed by atoms with Crippen molar-refractivity contribution in [1.29, 1.82) is 0 Å². The summed E-state index contributed by atoms with van der Waals surface area (Å²) >= 11 is 1.85. The first-order valence-corrected chi connectivity index (χ1v) is 10.3. The zero-order chi connectivity index (χ0) is 20.5. The number of aryl methyl sites for hydroxylation is 1. The molecular formula is C17H18F3IN6O2. The molecule has 2 saturated heterocycles. The van der Waals surface area contributed by atoms with Gasteiger partial charge in [-0.25, -0.2) is 9.07 Å². The number of nitrogens with one attached hydrogen (secondary N) is 1. The fraction of sp³-hybridized carbons (Fsp3) is 0.588. The number of aromatic nitrogens is 5. The first kappa shape index (κ1) is 19.2. The molecule has 0 radical (unpaired) electrons. The summed E-state index contributed by atoms with van der Waals surface area (Å²) in [5.74, 6) is 0. The van der Waals surface area contributed by atoms with Gasteiger partial charge in [-0.1, -0.05) is 0 Å². The van der Waals surface area contributed by atoms with Crippen LogP contribution in [0.25, 0.3) is 22.1 Å². The second-order valence-corrected chi connectivity index (χ2v) is 8.72. The zero-order valence-corrected chi connectivity index (χ0v) is 17.6. The Kier molecular flexibility index (Phi) is 4.35. The van der Waals surface area contributed by atoms with E-state index in [1.54, 1.807) is 11.6 Å². The lowest BCUT2D eigenvalue weighted by molar-refractivity contribution is 0.0613. The molecule has 0 unspecified atom stereocenters. The number of hydrogen-bond donors (Lipinski definition) is 1. The molecule has 0 bridgehead atoms. The predicted molar refractivity (Wildman–Crippen MR) is 107 cm³/mol. The fourth-order valence-corrected chi connectivity index (χ4v) is 5.64. The highest BCUT2D eigenvalue weighted by Gasteiger charge is 2.49. The molecule has 0 spiro atoms. The maximum absolute atomic E-state index is 13.9. The van der Waals surface area contributed by atoms with Crippen LogP contribution in [0.15, 0.2) is 4.79 Å². The van der Waals surface area contributed by atoms with Gasteiger partial charge >= 0.3 is 6.55 Å². The molecule has 3 aromatic heterocycles. The first-order valence-electron chi connectivity index (χ1n) is 9.27. The Morgan fingerprint density at radius 3 is 2.97 bits per heavy atom. The van der Waals surface area contributed by atoms with Crippen LogP contribution in [0.5, 0.6) is 6.01 Å². The molecule has 2 fully saturated rings. The molecule has 0 amide bonds. The monoisotopic (exact) mass is 522 g/mol. The Hall–Kier alpha value is -1.83. The van der Waals surface area contributed by atoms with E-state index in [0.29, 0.717) is 26.9 Å². The van der Waals surface area contributed by atoms with Crippen LogP contribution in [0, 0.1) is 3.70 Å². The number of halogens is 4. The lowest BCUT2D eigenvalue weighted by Crippen LogP contribution is -2.43. The van der Waals surface area contributed by atoms with Crippen molar-refractivity contribution in [3.8, 4) is 6.01 Å². The van der Waals surface area contributed by atoms with Gasteiger partial charge < -0.3 is 9.30 Å². The van der Waals surface area contributed by atoms with Crippen LogP contribution in [-0.4, -0.2) is 60.6 Å². The van der Waals surface area contributed by atoms with Gasteiger partial charge in [-0.3, -0.25) is 14.7 Å². The summed E-state index contributed by atoms with van der Waals surface area (Å²) < 4.78 is 49.0. The maximum Gasteiger partial charge on any atom is 0.333 e. The maximum atomic E-state index is 13.9. The summed E-state index contributed by atoms with van der Waals surface area (Å²) in [6.07, 6.45) is 1.32. The Morgan fingerprint density at radius 2 is 2.21 bits per heavy atom. The molecule has 5 rings (SSSR count). The van der Waals surface area contributed by atoms with Crippen molar-refractivity contribution >= 4 is 44.7 Å². The molecule has 2 aliphatic heterocycles. The van der Waals surface area contributed by atoms with E-state index in [0.717, 1.165) is 19.4 Å². The van der Waals surface area contributed by atoms with Crippen molar-refractivity contribution in [1.82, 2.24) is 29.2 Å². The van der Waals surface area contributed by atoms with E-state index in [-0.39, 0.29) is 34.7 Å². The average molecular weight is 522 g/mol. The second-order valence-electron chi connectivity index (χ2n) is 7.70. The van der Waals surface area contributed by atoms with Crippen LogP contribution in [-0.2, 0) is 7.05 Å². The summed E-state index contributed by atoms with van der Waals surface area (Å²) in [6, 6.07) is 0.000788. The van der Waals surface area contributed by atoms with Gasteiger partial charge in [0.15, 0.2) is 5.65 Å². The number of nitrogens with zero attached hydrogens (tertiary/aromatic N) is 5. The topological polar surface area (TPSA) is 81.0 Å². The molecule has 156 valence electrons. The van der Waals surface area contributed by atoms with Crippen molar-refractivity contribution in [2.75, 3.05) is 19.7 Å². The molecule has 2 aliphatic rings. The van der Waals surface area contributed by atoms with E-state index >= 15 is 0 Å². The normalized spacial score (nSPS) is 25.0. The third-order valence-electron chi connectivity index (χ3n) is 6.04. The summed E-state index contributed by atoms with van der Waals surface area (Å²) in [5, 5.41) is 3.87. The smallest absolute Gasteiger partial charge is 0.333 e. The highest BCUT2D eigenvalue weighted by Crippen LogP contribution is 2.40. The minimum absolute atomic E-state index is 0.000788. The molecule has 0 saturated carbocycles. The number of hydrogen-bond acceptors (Lipinski definition) is 5. The van der Waals surface area contributed by atoms with Gasteiger partial charge in [0.2, 0.25) is 0 Å². The van der Waals surface area contributed by atoms with Gasteiger partial charge in [-0.15, -0.1) is 0 Å². The molecule has 0 aliphatic carbocycles. The molecule has 12 heteroatoms. The van der Waals surface area contributed by atoms with Crippen LogP contribution in [0.3, 0.4) is 0 Å². The van der Waals surface area contributed by atoms with Crippen molar-refractivity contribution < 1.29 is 17.9 Å². The highest BCUT2D eigenvalue weighted by molar-refractivity contribution is 14.1. The van der Waals surface area contributed by atoms with E-state index in [9.17, 15) is 18.0 Å². The van der Waals surface area contributed by atoms with E-state index in [2.05, 4.69) is 20.0 Å². The third-order valence-corrected chi connectivity index (χ3v) is 6.76. The Morgan fingerprint density at radius 1 is 1.41 bits per heavy atom. The van der Waals surface area contributed by atoms with Crippen LogP contribution < -0.4 is 10.3 Å². The van der Waals surface area contributed by atoms with Gasteiger partial charge in [0.05, 0.1) is 5.54 Å². The Bertz CT molecular complexity index is 1170. The Balaban J connectivity index is 1.55. The van der Waals surface area contributed by atoms with Crippen molar-refractivity contribution in [2.24, 2.45) is 7.05 Å². The number of H-pyrrole nitrogens is 1. The molecule has 29 heavy (non-hydrogen) atoms. The van der Waals surface area contributed by atoms with Gasteiger partial charge in [-0.2, -0.15) is 18.9 Å². The van der Waals surface area contributed by atoms with Gasteiger partial charge in [0.25, 0.3) is 11.6 Å². The summed E-state index contributed by atoms with van der Waals surface area (Å²) in [6.45, 7) is -1.43. The summed E-state index contributed by atoms with van der Waals surface area (Å²) in [5.41, 5.74) is -0.271. The molecule has 2 atom stereocenters. The van der Waals surface area contributed by atoms with E-state index in [4.69, 9.17) is 4.74 Å². The highest BCUT2D eigenvalue weighted by atomic mass is 127. The van der Waals surface area contributed by atoms with E-state index < -0.39 is 18.3 Å². The lowest BCUT2D eigenvalue weighted by atomic mass is 9.95. The molecule has 0 aromatic carbocycles. The minimum Gasteiger partial charge on any atom is -0.463 e. The SMILES string of the molecule is Cn1c2nc(OC[C@@]34CCCN3C[C@H](F)C4)[nH]c(=O)c2c2c1c(I)nn2C(F)F. The third kappa shape index (κ3) is 2.78. The van der Waals surface area contributed by atoms with Crippen molar-refractivity contribution in [2.45, 2.75) is 37.5 Å². The van der Waals surface area contributed by atoms with Crippen LogP contribution in [0.2, 0.25) is 0 Å². The van der Waals surface area contributed by atoms with Crippen LogP contribution >= 0.6 is 22.6 Å². The Labute approximate surface area is 176 Å². The molecule has 1 N–H and O–H groups in total. The van der Waals surface area contributed by atoms with Crippen LogP contribution in [0.1, 0.15) is 25.8 Å². The number of aromatic amines is 1. The second kappa shape index (κ2) is 6.59. The van der Waals surface area contributed by atoms with Gasteiger partial charge in [0.1, 0.15) is 32.9 Å². The lowest BCUT2D eigenvalue weighted by Gasteiger charge is -2.30. The van der Waals surface area contributed by atoms with Gasteiger partial charge in [0, 0.05) is 20.0 Å². The number of ether oxygens (including phenoxy) is 1. The molecule has 3 aromatic rings. The van der Waals surface area contributed by atoms with Gasteiger partial charge in [-0.05, 0) is 42.0 Å². The van der Waals surface area contributed by atoms with Crippen molar-refractivity contribution in [3.63, 3.8) is 0 Å². The zero-order valence-electron chi connectivity index (χ0n) is 15.5. The van der Waals surface area contributed by atoms with E-state index in [1.165, 1.54) is 0 Å². The van der Waals surface area contributed by atoms with Crippen LogP contribution in [0.4, 0.5) is 13.2 Å². The number of alkyl halides is 3. The minimum atomic E-state index is -2.88. The largest absolute Gasteiger partial charge is 0.463 e. The average Bonchev–Trinajstić information content (AvgIpc) is 3.34. The summed E-state index contributed by atoms with van der Waals surface area (Å²) in [7, 11) is 1.64. The molecule has 5 heterocycles. The number of fused-ring (bicyclic) bond motifs is 4. The predicted octanol–water partition coefficient (Wildman–Crippen LogP) is 2.57. The van der Waals surface area contributed by atoms with Crippen molar-refractivity contribution in [3.05, 3.63) is 14.1 Å². The molecular weight excluding hydrogens is 504 g/mol. The first-order chi connectivity index (χ1) is 13.8. The summed E-state index contributed by atoms with van der Waals surface area (Å²) in [4.78, 5) is 21.7. The molecule has 8 nitrogen and oxygen atoms in total. The standard InChI is InChI=1S/C17H18F3IN6O2/c1-25-11-10(27(15(19)20)24-12(11)21)9-13(25)22-16(23-14(9)28)29-7-17-3-2-4-26(17)6-8(18)5-17/h8,15H,2-7H2,1H3,(H,22,23,28)/t8-,17+/m1/s1. The fourth-order valence-electron chi connectivity index (χ4n) is 4.79.